The van der Waals surface area contributed by atoms with Gasteiger partial charge in [0, 0.05) is 43.2 Å². The van der Waals surface area contributed by atoms with Crippen molar-refractivity contribution in [3.8, 4) is 0 Å². The van der Waals surface area contributed by atoms with Crippen molar-refractivity contribution in [1.82, 2.24) is 15.1 Å². The average Bonchev–Trinajstić information content (AvgIpc) is 3.22. The lowest BCUT2D eigenvalue weighted by Gasteiger charge is -2.48. The molecule has 5 nitrogen and oxygen atoms in total. The van der Waals surface area contributed by atoms with Crippen LogP contribution in [0.3, 0.4) is 0 Å². The summed E-state index contributed by atoms with van der Waals surface area (Å²) in [6, 6.07) is 0.283. The first kappa shape index (κ1) is 18.9. The number of carbonyl (C=O) groups is 1. The van der Waals surface area contributed by atoms with Crippen molar-refractivity contribution in [2.75, 3.05) is 26.2 Å². The highest BCUT2D eigenvalue weighted by Gasteiger charge is 2.59. The molecule has 0 radical (unpaired) electrons. The van der Waals surface area contributed by atoms with Crippen molar-refractivity contribution in [3.05, 3.63) is 0 Å². The number of hydrogen-bond acceptors (Lipinski definition) is 4. The summed E-state index contributed by atoms with van der Waals surface area (Å²) in [6.07, 6.45) is 1.64. The third kappa shape index (κ3) is 2.97. The van der Waals surface area contributed by atoms with Crippen LogP contribution in [0.1, 0.15) is 33.1 Å². The number of amides is 1. The van der Waals surface area contributed by atoms with E-state index in [9.17, 15) is 9.90 Å². The molecule has 148 valence electrons. The number of nitrogens with zero attached hydrogens (tertiary/aromatic N) is 2. The molecule has 3 aliphatic heterocycles. The number of aliphatic hydroxyl groups is 1. The van der Waals surface area contributed by atoms with Gasteiger partial charge in [0.15, 0.2) is 0 Å². The van der Waals surface area contributed by atoms with Gasteiger partial charge >= 0.3 is 0 Å². The van der Waals surface area contributed by atoms with E-state index >= 15 is 4.39 Å². The molecule has 4 fully saturated rings. The predicted molar refractivity (Wildman–Crippen MR) is 98.9 cm³/mol. The number of fused-ring (bicyclic) bond motifs is 3. The second-order valence-electron chi connectivity index (χ2n) is 8.88. The molecule has 26 heavy (non-hydrogen) atoms. The maximum atomic E-state index is 15.0. The number of likely N-dealkylation sites (tertiary alicyclic amines) is 2. The normalized spacial score (nSPS) is 49.1. The van der Waals surface area contributed by atoms with Gasteiger partial charge < -0.3 is 15.3 Å². The Morgan fingerprint density at radius 1 is 1.27 bits per heavy atom. The molecule has 2 N–H and O–H groups in total. The standard InChI is InChI=1S/C19H31ClFN3O2/c1-10-3-5-23(8-10)14-7-12(20)18(21)19-17(14)16-11(2)24(15(26)9-25)6-4-13(16)22-19/h10-14,16-19,22,25H,3-9H2,1-2H3/t10-,11+,12?,13?,14?,16?,17?,18?,19?/m1/s1. The Morgan fingerprint density at radius 2 is 2.04 bits per heavy atom. The number of piperidine rings is 1. The predicted octanol–water partition coefficient (Wildman–Crippen LogP) is 1.23. The molecule has 1 saturated carbocycles. The lowest BCUT2D eigenvalue weighted by Crippen LogP contribution is -2.59. The zero-order valence-electron chi connectivity index (χ0n) is 15.7. The quantitative estimate of drug-likeness (QED) is 0.700. The minimum Gasteiger partial charge on any atom is -0.387 e. The van der Waals surface area contributed by atoms with Gasteiger partial charge in [-0.2, -0.15) is 0 Å². The van der Waals surface area contributed by atoms with Crippen LogP contribution in [0.25, 0.3) is 0 Å². The first-order valence-corrected chi connectivity index (χ1v) is 10.5. The van der Waals surface area contributed by atoms with E-state index in [2.05, 4.69) is 24.1 Å². The van der Waals surface area contributed by atoms with Crippen molar-refractivity contribution in [1.29, 1.82) is 0 Å². The molecule has 7 unspecified atom stereocenters. The van der Waals surface area contributed by atoms with Gasteiger partial charge in [-0.05, 0) is 44.6 Å². The van der Waals surface area contributed by atoms with Crippen LogP contribution in [-0.2, 0) is 4.79 Å². The van der Waals surface area contributed by atoms with Crippen molar-refractivity contribution in [2.45, 2.75) is 68.8 Å². The van der Waals surface area contributed by atoms with E-state index in [4.69, 9.17) is 11.6 Å². The van der Waals surface area contributed by atoms with Crippen molar-refractivity contribution in [3.63, 3.8) is 0 Å². The largest absolute Gasteiger partial charge is 0.387 e. The zero-order valence-corrected chi connectivity index (χ0v) is 16.4. The van der Waals surface area contributed by atoms with Crippen LogP contribution in [0.15, 0.2) is 0 Å². The Balaban J connectivity index is 1.63. The van der Waals surface area contributed by atoms with Crippen molar-refractivity contribution >= 4 is 17.5 Å². The molecular formula is C19H31ClFN3O2. The molecule has 0 spiro atoms. The first-order valence-electron chi connectivity index (χ1n) is 10.1. The number of aliphatic hydroxyl groups excluding tert-OH is 1. The molecule has 0 bridgehead atoms. The fourth-order valence-corrected chi connectivity index (χ4v) is 6.59. The van der Waals surface area contributed by atoms with Crippen LogP contribution in [0, 0.1) is 17.8 Å². The summed E-state index contributed by atoms with van der Waals surface area (Å²) in [5.74, 6) is 0.840. The number of nitrogens with one attached hydrogen (secondary N) is 1. The Hall–Kier alpha value is -0.430. The smallest absolute Gasteiger partial charge is 0.248 e. The van der Waals surface area contributed by atoms with Crippen LogP contribution in [0.2, 0.25) is 0 Å². The van der Waals surface area contributed by atoms with Gasteiger partial charge in [-0.15, -0.1) is 11.6 Å². The molecule has 0 aromatic heterocycles. The average molecular weight is 388 g/mol. The fraction of sp³-hybridized carbons (Fsp3) is 0.947. The minimum atomic E-state index is -1.04. The molecule has 4 rings (SSSR count). The second-order valence-corrected chi connectivity index (χ2v) is 9.44. The topological polar surface area (TPSA) is 55.8 Å². The van der Waals surface area contributed by atoms with E-state index in [-0.39, 0.29) is 41.9 Å². The Bertz CT molecular complexity index is 553. The molecule has 0 aromatic rings. The van der Waals surface area contributed by atoms with E-state index in [1.165, 1.54) is 6.42 Å². The van der Waals surface area contributed by atoms with Gasteiger partial charge in [-0.3, -0.25) is 9.69 Å². The van der Waals surface area contributed by atoms with Crippen molar-refractivity contribution in [2.24, 2.45) is 17.8 Å². The van der Waals surface area contributed by atoms with Gasteiger partial charge in [0.05, 0.1) is 5.38 Å². The summed E-state index contributed by atoms with van der Waals surface area (Å²) in [7, 11) is 0. The van der Waals surface area contributed by atoms with Gasteiger partial charge in [0.1, 0.15) is 12.8 Å². The summed E-state index contributed by atoms with van der Waals surface area (Å²) in [5, 5.41) is 12.4. The SMILES string of the molecule is C[C@@H]1CCN(C2CC(Cl)C(F)C3NC4CCN(C(=O)CO)[C@@H](C)C4C32)C1. The molecule has 0 aromatic carbocycles. The second kappa shape index (κ2) is 7.19. The highest BCUT2D eigenvalue weighted by Crippen LogP contribution is 2.48. The summed E-state index contributed by atoms with van der Waals surface area (Å²) in [4.78, 5) is 16.5. The van der Waals surface area contributed by atoms with E-state index in [1.807, 2.05) is 0 Å². The summed E-state index contributed by atoms with van der Waals surface area (Å²) < 4.78 is 15.0. The maximum Gasteiger partial charge on any atom is 0.248 e. The molecule has 1 aliphatic carbocycles. The number of carbonyl (C=O) groups excluding carboxylic acids is 1. The van der Waals surface area contributed by atoms with Gasteiger partial charge in [0.2, 0.25) is 5.91 Å². The van der Waals surface area contributed by atoms with E-state index < -0.39 is 18.2 Å². The first-order chi connectivity index (χ1) is 12.4. The van der Waals surface area contributed by atoms with Crippen LogP contribution in [0.5, 0.6) is 0 Å². The highest BCUT2D eigenvalue weighted by atomic mass is 35.5. The zero-order chi connectivity index (χ0) is 18.6. The van der Waals surface area contributed by atoms with E-state index in [1.54, 1.807) is 4.90 Å². The third-order valence-corrected chi connectivity index (χ3v) is 7.86. The maximum absolute atomic E-state index is 15.0. The van der Waals surface area contributed by atoms with E-state index in [0.29, 0.717) is 18.9 Å². The summed E-state index contributed by atoms with van der Waals surface area (Å²) >= 11 is 6.44. The minimum absolute atomic E-state index is 0.0116. The molecular weight excluding hydrogens is 357 g/mol. The lowest BCUT2D eigenvalue weighted by atomic mass is 9.69. The number of rotatable bonds is 2. The van der Waals surface area contributed by atoms with Crippen LogP contribution in [-0.4, -0.2) is 82.8 Å². The summed E-state index contributed by atoms with van der Waals surface area (Å²) in [5.41, 5.74) is 0. The lowest BCUT2D eigenvalue weighted by molar-refractivity contribution is -0.140. The summed E-state index contributed by atoms with van der Waals surface area (Å²) in [6.45, 7) is 6.63. The molecule has 4 aliphatic rings. The molecule has 7 heteroatoms. The fourth-order valence-electron chi connectivity index (χ4n) is 6.25. The molecule has 1 amide bonds. The highest BCUT2D eigenvalue weighted by molar-refractivity contribution is 6.21. The van der Waals surface area contributed by atoms with Crippen LogP contribution < -0.4 is 5.32 Å². The molecule has 3 saturated heterocycles. The van der Waals surface area contributed by atoms with Crippen LogP contribution in [0.4, 0.5) is 4.39 Å². The molecule has 9 atom stereocenters. The monoisotopic (exact) mass is 387 g/mol. The van der Waals surface area contributed by atoms with Gasteiger partial charge in [-0.1, -0.05) is 6.92 Å². The Labute approximate surface area is 160 Å². The van der Waals surface area contributed by atoms with Crippen LogP contribution >= 0.6 is 11.6 Å². The Morgan fingerprint density at radius 3 is 2.69 bits per heavy atom. The number of hydrogen-bond donors (Lipinski definition) is 2. The molecule has 3 heterocycles. The van der Waals surface area contributed by atoms with Gasteiger partial charge in [0.25, 0.3) is 0 Å². The van der Waals surface area contributed by atoms with E-state index in [0.717, 1.165) is 19.5 Å². The van der Waals surface area contributed by atoms with Gasteiger partial charge in [-0.25, -0.2) is 4.39 Å². The number of halogens is 2. The van der Waals surface area contributed by atoms with Crippen molar-refractivity contribution < 1.29 is 14.3 Å². The number of alkyl halides is 2. The third-order valence-electron chi connectivity index (χ3n) is 7.44. The Kier molecular flexibility index (Phi) is 5.23.